The molecule has 0 aromatic carbocycles. The Labute approximate surface area is 105 Å². The smallest absolute Gasteiger partial charge is 0.265 e. The first kappa shape index (κ1) is 14.1. The van der Waals surface area contributed by atoms with Gasteiger partial charge in [-0.15, -0.1) is 5.10 Å². The summed E-state index contributed by atoms with van der Waals surface area (Å²) in [5, 5.41) is 16.7. The minimum absolute atomic E-state index is 0.197. The van der Waals surface area contributed by atoms with E-state index in [9.17, 15) is 9.90 Å². The third-order valence-electron chi connectivity index (χ3n) is 2.99. The molecule has 0 unspecified atom stereocenters. The second kappa shape index (κ2) is 6.07. The summed E-state index contributed by atoms with van der Waals surface area (Å²) in [6.07, 6.45) is 1.92. The number of nitrogens with zero attached hydrogens (tertiary/aromatic N) is 2. The Hall–Kier alpha value is -1.01. The average molecular weight is 257 g/mol. The number of hydrogen-bond acceptors (Lipinski definition) is 5. The Morgan fingerprint density at radius 1 is 1.41 bits per heavy atom. The highest BCUT2D eigenvalue weighted by Crippen LogP contribution is 2.15. The number of carbonyl (C=O) groups excluding carboxylic acids is 1. The van der Waals surface area contributed by atoms with Gasteiger partial charge in [0.25, 0.3) is 5.91 Å². The molecule has 0 saturated heterocycles. The van der Waals surface area contributed by atoms with Crippen LogP contribution in [-0.2, 0) is 6.42 Å². The van der Waals surface area contributed by atoms with Crippen LogP contribution in [0.25, 0.3) is 0 Å². The van der Waals surface area contributed by atoms with Crippen molar-refractivity contribution in [1.29, 1.82) is 0 Å². The highest BCUT2D eigenvalue weighted by molar-refractivity contribution is 7.08. The molecule has 0 aliphatic carbocycles. The molecule has 0 atom stereocenters. The van der Waals surface area contributed by atoms with Gasteiger partial charge in [0.2, 0.25) is 0 Å². The van der Waals surface area contributed by atoms with Crippen LogP contribution in [0.1, 0.15) is 49.0 Å². The highest BCUT2D eigenvalue weighted by atomic mass is 32.1. The molecule has 1 amide bonds. The third kappa shape index (κ3) is 3.47. The van der Waals surface area contributed by atoms with Crippen molar-refractivity contribution < 1.29 is 9.90 Å². The van der Waals surface area contributed by atoms with Crippen LogP contribution in [0.3, 0.4) is 0 Å². The molecule has 2 N–H and O–H groups in total. The lowest BCUT2D eigenvalue weighted by Gasteiger charge is -2.25. The predicted octanol–water partition coefficient (Wildman–Crippen LogP) is 1.38. The van der Waals surface area contributed by atoms with Crippen LogP contribution in [0, 0.1) is 0 Å². The molecule has 1 rings (SSSR count). The highest BCUT2D eigenvalue weighted by Gasteiger charge is 2.24. The van der Waals surface area contributed by atoms with E-state index in [2.05, 4.69) is 14.9 Å². The number of nitrogens with one attached hydrogen (secondary N) is 1. The second-order valence-corrected chi connectivity index (χ2v) is 4.77. The van der Waals surface area contributed by atoms with Crippen LogP contribution in [0.2, 0.25) is 0 Å². The molecule has 0 fully saturated rings. The number of amides is 1. The molecular weight excluding hydrogens is 238 g/mol. The van der Waals surface area contributed by atoms with Crippen molar-refractivity contribution >= 4 is 17.4 Å². The van der Waals surface area contributed by atoms with Gasteiger partial charge in [0.15, 0.2) is 0 Å². The zero-order valence-electron chi connectivity index (χ0n) is 10.5. The zero-order valence-corrected chi connectivity index (χ0v) is 11.3. The molecule has 17 heavy (non-hydrogen) atoms. The Balaban J connectivity index is 2.62. The molecule has 5 nitrogen and oxygen atoms in total. The van der Waals surface area contributed by atoms with Gasteiger partial charge in [0, 0.05) is 6.54 Å². The van der Waals surface area contributed by atoms with Crippen LogP contribution in [-0.4, -0.2) is 32.7 Å². The van der Waals surface area contributed by atoms with E-state index in [1.54, 1.807) is 0 Å². The lowest BCUT2D eigenvalue weighted by molar-refractivity contribution is 0.0314. The van der Waals surface area contributed by atoms with Gasteiger partial charge in [0.1, 0.15) is 4.88 Å². The second-order valence-electron chi connectivity index (χ2n) is 4.02. The fourth-order valence-electron chi connectivity index (χ4n) is 1.44. The maximum absolute atomic E-state index is 11.9. The summed E-state index contributed by atoms with van der Waals surface area (Å²) in [5.41, 5.74) is -0.107. The van der Waals surface area contributed by atoms with Gasteiger partial charge < -0.3 is 10.4 Å². The Kier molecular flexibility index (Phi) is 5.02. The van der Waals surface area contributed by atoms with Gasteiger partial charge in [-0.2, -0.15) is 0 Å². The first-order valence-corrected chi connectivity index (χ1v) is 6.65. The molecule has 0 spiro atoms. The first-order valence-electron chi connectivity index (χ1n) is 5.88. The van der Waals surface area contributed by atoms with Gasteiger partial charge in [-0.3, -0.25) is 4.79 Å². The monoisotopic (exact) mass is 257 g/mol. The fraction of sp³-hybridized carbons (Fsp3) is 0.727. The van der Waals surface area contributed by atoms with Crippen LogP contribution in [0.4, 0.5) is 0 Å². The van der Waals surface area contributed by atoms with E-state index in [0.717, 1.165) is 11.5 Å². The minimum atomic E-state index is -0.819. The number of rotatable bonds is 6. The molecular formula is C11H19N3O2S. The zero-order chi connectivity index (χ0) is 12.9. The molecule has 6 heteroatoms. The lowest BCUT2D eigenvalue weighted by atomic mass is 9.97. The van der Waals surface area contributed by atoms with E-state index in [1.807, 2.05) is 20.8 Å². The quantitative estimate of drug-likeness (QED) is 0.807. The number of aliphatic hydroxyl groups is 1. The standard InChI is InChI=1S/C11H19N3O2S/c1-4-8-9(17-14-13-8)10(15)12-7-11(16,5-2)6-3/h16H,4-7H2,1-3H3,(H,12,15). The van der Waals surface area contributed by atoms with Crippen molar-refractivity contribution in [3.05, 3.63) is 10.6 Å². The number of carbonyl (C=O) groups is 1. The topological polar surface area (TPSA) is 75.1 Å². The van der Waals surface area contributed by atoms with Crippen molar-refractivity contribution in [3.8, 4) is 0 Å². The third-order valence-corrected chi connectivity index (χ3v) is 3.76. The molecule has 0 aliphatic rings. The normalized spacial score (nSPS) is 11.5. The molecule has 1 heterocycles. The van der Waals surface area contributed by atoms with Gasteiger partial charge in [-0.1, -0.05) is 25.3 Å². The summed E-state index contributed by atoms with van der Waals surface area (Å²) in [7, 11) is 0. The Morgan fingerprint density at radius 2 is 2.06 bits per heavy atom. The van der Waals surface area contributed by atoms with E-state index < -0.39 is 5.60 Å². The van der Waals surface area contributed by atoms with Gasteiger partial charge in [-0.25, -0.2) is 0 Å². The Morgan fingerprint density at radius 3 is 2.59 bits per heavy atom. The molecule has 1 aromatic heterocycles. The molecule has 0 bridgehead atoms. The summed E-state index contributed by atoms with van der Waals surface area (Å²) in [5.74, 6) is -0.197. The van der Waals surface area contributed by atoms with E-state index in [4.69, 9.17) is 0 Å². The van der Waals surface area contributed by atoms with Crippen molar-refractivity contribution in [1.82, 2.24) is 14.9 Å². The van der Waals surface area contributed by atoms with Crippen molar-refractivity contribution in [2.75, 3.05) is 6.54 Å². The van der Waals surface area contributed by atoms with E-state index in [1.165, 1.54) is 0 Å². The average Bonchev–Trinajstić information content (AvgIpc) is 2.83. The largest absolute Gasteiger partial charge is 0.388 e. The number of aromatic nitrogens is 2. The van der Waals surface area contributed by atoms with E-state index >= 15 is 0 Å². The molecule has 1 aromatic rings. The fourth-order valence-corrected chi connectivity index (χ4v) is 2.10. The summed E-state index contributed by atoms with van der Waals surface area (Å²) in [6.45, 7) is 6.00. The van der Waals surface area contributed by atoms with Crippen LogP contribution in [0.15, 0.2) is 0 Å². The van der Waals surface area contributed by atoms with Crippen molar-refractivity contribution in [2.45, 2.75) is 45.6 Å². The summed E-state index contributed by atoms with van der Waals surface area (Å²) >= 11 is 1.09. The van der Waals surface area contributed by atoms with Gasteiger partial charge in [-0.05, 0) is 30.8 Å². The van der Waals surface area contributed by atoms with Crippen LogP contribution < -0.4 is 5.32 Å². The van der Waals surface area contributed by atoms with Gasteiger partial charge >= 0.3 is 0 Å². The first-order chi connectivity index (χ1) is 8.06. The van der Waals surface area contributed by atoms with E-state index in [-0.39, 0.29) is 12.5 Å². The minimum Gasteiger partial charge on any atom is -0.388 e. The van der Waals surface area contributed by atoms with Crippen LogP contribution in [0.5, 0.6) is 0 Å². The summed E-state index contributed by atoms with van der Waals surface area (Å²) in [6, 6.07) is 0. The molecule has 0 saturated carbocycles. The van der Waals surface area contributed by atoms with Gasteiger partial charge in [0.05, 0.1) is 11.3 Å². The maximum atomic E-state index is 11.9. The summed E-state index contributed by atoms with van der Waals surface area (Å²) < 4.78 is 3.77. The molecule has 0 aliphatic heterocycles. The Bertz CT molecular complexity index is 375. The SMILES string of the molecule is CCc1nnsc1C(=O)NCC(O)(CC)CC. The number of hydrogen-bond donors (Lipinski definition) is 2. The lowest BCUT2D eigenvalue weighted by Crippen LogP contribution is -2.42. The molecule has 96 valence electrons. The molecule has 0 radical (unpaired) electrons. The van der Waals surface area contributed by atoms with Crippen LogP contribution >= 0.6 is 11.5 Å². The summed E-state index contributed by atoms with van der Waals surface area (Å²) in [4.78, 5) is 12.4. The maximum Gasteiger partial charge on any atom is 0.265 e. The van der Waals surface area contributed by atoms with E-state index in [0.29, 0.717) is 29.8 Å². The van der Waals surface area contributed by atoms with Crippen molar-refractivity contribution in [3.63, 3.8) is 0 Å². The predicted molar refractivity (Wildman–Crippen MR) is 67.2 cm³/mol. The van der Waals surface area contributed by atoms with Crippen molar-refractivity contribution in [2.24, 2.45) is 0 Å². The number of aryl methyl sites for hydroxylation is 1.